The Kier molecular flexibility index (Phi) is 5.33. The Balaban J connectivity index is 1.88. The van der Waals surface area contributed by atoms with E-state index in [4.69, 9.17) is 5.11 Å². The fourth-order valence-corrected chi connectivity index (χ4v) is 3.90. The molecule has 0 fully saturated rings. The normalized spacial score (nSPS) is 11.3. The molecule has 3 N–H and O–H groups in total. The molecule has 0 unspecified atom stereocenters. The van der Waals surface area contributed by atoms with Crippen LogP contribution in [0.1, 0.15) is 0 Å². The number of halogens is 1. The molecule has 0 atom stereocenters. The molecule has 9 nitrogen and oxygen atoms in total. The quantitative estimate of drug-likeness (QED) is 0.425. The fraction of sp³-hybridized carbons (Fsp3) is 0. The molecule has 0 aliphatic rings. The molecule has 162 valence electrons. The summed E-state index contributed by atoms with van der Waals surface area (Å²) in [6.45, 7) is 0. The molecule has 32 heavy (non-hydrogen) atoms. The summed E-state index contributed by atoms with van der Waals surface area (Å²) < 4.78 is 41.8. The summed E-state index contributed by atoms with van der Waals surface area (Å²) in [5, 5.41) is 14.0. The summed E-state index contributed by atoms with van der Waals surface area (Å²) in [5.41, 5.74) is 0.871. The summed E-state index contributed by atoms with van der Waals surface area (Å²) in [6.07, 6.45) is -1.73. The van der Waals surface area contributed by atoms with Crippen molar-refractivity contribution in [3.05, 3.63) is 89.0 Å². The van der Waals surface area contributed by atoms with Gasteiger partial charge in [-0.05, 0) is 42.5 Å². The van der Waals surface area contributed by atoms with Crippen molar-refractivity contribution in [1.82, 2.24) is 14.5 Å². The van der Waals surface area contributed by atoms with Gasteiger partial charge in [0.05, 0.1) is 22.5 Å². The fourth-order valence-electron chi connectivity index (χ4n) is 3.19. The number of nitrogens with one attached hydrogen (secondary N) is 2. The number of nitrogens with zero attached hydrogens (tertiary/aromatic N) is 2. The van der Waals surface area contributed by atoms with E-state index in [1.807, 2.05) is 0 Å². The van der Waals surface area contributed by atoms with Crippen molar-refractivity contribution in [3.63, 3.8) is 0 Å². The van der Waals surface area contributed by atoms with Gasteiger partial charge in [0, 0.05) is 10.9 Å². The number of carbonyl (C=O) groups is 1. The number of rotatable bonds is 5. The molecule has 0 saturated heterocycles. The minimum atomic E-state index is -4.35. The van der Waals surface area contributed by atoms with Crippen LogP contribution in [0.5, 0.6) is 0 Å². The maximum Gasteiger partial charge on any atom is 0.419 e. The van der Waals surface area contributed by atoms with Crippen LogP contribution < -0.4 is 15.0 Å². The lowest BCUT2D eigenvalue weighted by Crippen LogP contribution is -2.34. The van der Waals surface area contributed by atoms with Gasteiger partial charge in [-0.1, -0.05) is 30.3 Å². The van der Waals surface area contributed by atoms with Crippen LogP contribution in [0.2, 0.25) is 0 Å². The molecule has 4 rings (SSSR count). The Hall–Kier alpha value is -4.25. The zero-order chi connectivity index (χ0) is 22.9. The van der Waals surface area contributed by atoms with Gasteiger partial charge in [-0.3, -0.25) is 9.52 Å². The maximum atomic E-state index is 13.4. The highest BCUT2D eigenvalue weighted by Crippen LogP contribution is 2.27. The van der Waals surface area contributed by atoms with Crippen LogP contribution in [-0.2, 0) is 10.2 Å². The van der Waals surface area contributed by atoms with Crippen molar-refractivity contribution in [3.8, 4) is 16.9 Å². The third kappa shape index (κ3) is 4.27. The van der Waals surface area contributed by atoms with Gasteiger partial charge in [-0.15, -0.1) is 0 Å². The molecule has 0 spiro atoms. The summed E-state index contributed by atoms with van der Waals surface area (Å²) in [4.78, 5) is 23.7. The van der Waals surface area contributed by atoms with E-state index in [2.05, 4.69) is 9.82 Å². The van der Waals surface area contributed by atoms with Crippen LogP contribution in [0.3, 0.4) is 0 Å². The number of fused-ring (bicyclic) bond motifs is 1. The smallest absolute Gasteiger partial charge is 0.419 e. The molecule has 0 aliphatic heterocycles. The van der Waals surface area contributed by atoms with Crippen molar-refractivity contribution in [2.24, 2.45) is 0 Å². The first-order chi connectivity index (χ1) is 15.2. The second kappa shape index (κ2) is 8.12. The lowest BCUT2D eigenvalue weighted by atomic mass is 10.0. The van der Waals surface area contributed by atoms with Crippen LogP contribution in [0.25, 0.3) is 27.7 Å². The lowest BCUT2D eigenvalue weighted by Gasteiger charge is -2.13. The van der Waals surface area contributed by atoms with Crippen LogP contribution in [0.4, 0.5) is 14.9 Å². The predicted molar refractivity (Wildman–Crippen MR) is 116 cm³/mol. The van der Waals surface area contributed by atoms with Gasteiger partial charge in [0.25, 0.3) is 5.56 Å². The van der Waals surface area contributed by atoms with Crippen LogP contribution in [0, 0.1) is 5.82 Å². The minimum absolute atomic E-state index is 0.0849. The number of hydrogen-bond donors (Lipinski definition) is 3. The van der Waals surface area contributed by atoms with E-state index in [0.29, 0.717) is 27.7 Å². The molecule has 1 heterocycles. The maximum absolute atomic E-state index is 13.4. The van der Waals surface area contributed by atoms with E-state index in [1.54, 1.807) is 36.4 Å². The molecule has 3 aromatic carbocycles. The Bertz CT molecular complexity index is 1500. The van der Waals surface area contributed by atoms with E-state index in [-0.39, 0.29) is 5.69 Å². The van der Waals surface area contributed by atoms with Gasteiger partial charge < -0.3 is 5.11 Å². The van der Waals surface area contributed by atoms with Gasteiger partial charge in [-0.2, -0.15) is 18.2 Å². The highest BCUT2D eigenvalue weighted by molar-refractivity contribution is 7.91. The van der Waals surface area contributed by atoms with Crippen molar-refractivity contribution in [2.45, 2.75) is 0 Å². The second-order valence-electron chi connectivity index (χ2n) is 6.68. The third-order valence-electron chi connectivity index (χ3n) is 4.49. The Morgan fingerprint density at radius 3 is 2.34 bits per heavy atom. The predicted octanol–water partition coefficient (Wildman–Crippen LogP) is 3.12. The monoisotopic (exact) mass is 454 g/mol. The van der Waals surface area contributed by atoms with Crippen molar-refractivity contribution < 1.29 is 22.7 Å². The summed E-state index contributed by atoms with van der Waals surface area (Å²) >= 11 is 0. The Morgan fingerprint density at radius 2 is 1.66 bits per heavy atom. The lowest BCUT2D eigenvalue weighted by molar-refractivity contribution is 0.201. The first-order valence-corrected chi connectivity index (χ1v) is 10.6. The van der Waals surface area contributed by atoms with Crippen molar-refractivity contribution >= 4 is 32.8 Å². The third-order valence-corrected chi connectivity index (χ3v) is 5.43. The van der Waals surface area contributed by atoms with Gasteiger partial charge in [-0.25, -0.2) is 13.9 Å². The average Bonchev–Trinajstić information content (AvgIpc) is 2.74. The molecule has 1 aromatic heterocycles. The van der Waals surface area contributed by atoms with Gasteiger partial charge in [0.2, 0.25) is 0 Å². The van der Waals surface area contributed by atoms with Crippen LogP contribution >= 0.6 is 0 Å². The summed E-state index contributed by atoms with van der Waals surface area (Å²) in [7, 11) is -4.35. The minimum Gasteiger partial charge on any atom is -0.464 e. The Labute approximate surface area is 180 Å². The zero-order valence-corrected chi connectivity index (χ0v) is 17.0. The van der Waals surface area contributed by atoms with Gasteiger partial charge >= 0.3 is 16.3 Å². The number of hydrogen-bond acceptors (Lipinski definition) is 5. The molecule has 0 radical (unpaired) electrons. The van der Waals surface area contributed by atoms with E-state index >= 15 is 0 Å². The van der Waals surface area contributed by atoms with Crippen LogP contribution in [0.15, 0.2) is 77.6 Å². The molecular formula is C21H15FN4O5S. The number of aromatic nitrogens is 2. The molecule has 0 aliphatic carbocycles. The molecule has 0 saturated carbocycles. The number of amides is 1. The van der Waals surface area contributed by atoms with Crippen molar-refractivity contribution in [1.29, 1.82) is 0 Å². The van der Waals surface area contributed by atoms with Crippen molar-refractivity contribution in [2.75, 3.05) is 4.72 Å². The number of carboxylic acid groups (broad SMARTS) is 1. The van der Waals surface area contributed by atoms with E-state index in [9.17, 15) is 22.4 Å². The number of anilines is 1. The first kappa shape index (κ1) is 21.0. The topological polar surface area (TPSA) is 130 Å². The molecular weight excluding hydrogens is 439 g/mol. The molecule has 1 amide bonds. The van der Waals surface area contributed by atoms with Gasteiger partial charge in [0.15, 0.2) is 0 Å². The summed E-state index contributed by atoms with van der Waals surface area (Å²) in [5.74, 6) is -0.460. The van der Waals surface area contributed by atoms with E-state index in [0.717, 1.165) is 4.68 Å². The van der Waals surface area contributed by atoms with Gasteiger partial charge in [0.1, 0.15) is 5.82 Å². The molecule has 11 heteroatoms. The average molecular weight is 454 g/mol. The van der Waals surface area contributed by atoms with Crippen LogP contribution in [-0.4, -0.2) is 29.4 Å². The molecule has 4 aromatic rings. The molecule has 0 bridgehead atoms. The Morgan fingerprint density at radius 1 is 0.969 bits per heavy atom. The van der Waals surface area contributed by atoms with E-state index < -0.39 is 27.7 Å². The SMILES string of the molecule is O=C(O)NS(=O)(=O)Nc1cccc(-c2nn(-c3ccc(F)cc3)c(=O)c3ccccc23)c1. The van der Waals surface area contributed by atoms with E-state index in [1.165, 1.54) is 41.1 Å². The number of benzene rings is 3. The largest absolute Gasteiger partial charge is 0.464 e. The highest BCUT2D eigenvalue weighted by atomic mass is 32.2. The summed E-state index contributed by atoms with van der Waals surface area (Å²) in [6, 6.07) is 18.1. The first-order valence-electron chi connectivity index (χ1n) is 9.15. The zero-order valence-electron chi connectivity index (χ0n) is 16.2. The standard InChI is InChI=1S/C21H15FN4O5S/c22-14-8-10-16(11-9-14)26-20(27)18-7-2-1-6-17(18)19(23-26)13-4-3-5-15(12-13)24-32(30,31)25-21(28)29/h1-12,24-25H,(H,28,29). The highest BCUT2D eigenvalue weighted by Gasteiger charge is 2.16. The second-order valence-corrected chi connectivity index (χ2v) is 8.10.